The zero-order chi connectivity index (χ0) is 33.2. The van der Waals surface area contributed by atoms with E-state index in [1.807, 2.05) is 13.0 Å². The van der Waals surface area contributed by atoms with Gasteiger partial charge in [0, 0.05) is 72.2 Å². The number of halogens is 5. The number of rotatable bonds is 9. The first-order valence-electron chi connectivity index (χ1n) is 16.6. The standard InChI is InChI=1S/C34H45F5N2O4S/c1-21-14-25-23(16-27(21)45-30(43)41-19-32(20-41)17-40(3)18-32)15-22(29-24(25)9-11-31(2)26(29)7-8-28(31)42)6-4-12-46(44)13-5-10-33(35,36)34(37,38)39/h14,16,22,24,26,29H,4-13,15,17-20H2,1-3H3/t22-,24-,26+,29-,31+,46?/m1/s1. The Morgan fingerprint density at radius 1 is 1.07 bits per heavy atom. The number of hydrogen-bond acceptors (Lipinski definition) is 5. The van der Waals surface area contributed by atoms with Gasteiger partial charge in [0.1, 0.15) is 11.5 Å². The van der Waals surface area contributed by atoms with Crippen molar-refractivity contribution in [3.63, 3.8) is 0 Å². The highest BCUT2D eigenvalue weighted by Gasteiger charge is 2.58. The van der Waals surface area contributed by atoms with E-state index in [1.165, 1.54) is 5.56 Å². The lowest BCUT2D eigenvalue weighted by atomic mass is 9.52. The maximum atomic E-state index is 13.3. The summed E-state index contributed by atoms with van der Waals surface area (Å²) in [7, 11) is 0.576. The van der Waals surface area contributed by atoms with Gasteiger partial charge in [0.05, 0.1) is 0 Å². The highest BCUT2D eigenvalue weighted by Crippen LogP contribution is 2.62. The van der Waals surface area contributed by atoms with Crippen molar-refractivity contribution in [3.8, 4) is 5.75 Å². The number of ketones is 1. The van der Waals surface area contributed by atoms with Crippen LogP contribution in [0.4, 0.5) is 26.7 Å². The average Bonchev–Trinajstić information content (AvgIpc) is 3.23. The van der Waals surface area contributed by atoms with Gasteiger partial charge in [0.2, 0.25) is 0 Å². The van der Waals surface area contributed by atoms with E-state index in [0.29, 0.717) is 37.5 Å². The number of carbonyl (C=O) groups is 2. The summed E-state index contributed by atoms with van der Waals surface area (Å²) in [6.45, 7) is 7.47. The van der Waals surface area contributed by atoms with Crippen molar-refractivity contribution in [2.75, 3.05) is 44.7 Å². The number of aryl methyl sites for hydroxylation is 1. The van der Waals surface area contributed by atoms with Gasteiger partial charge in [-0.05, 0) is 105 Å². The molecular weight excluding hydrogens is 627 g/mol. The van der Waals surface area contributed by atoms with Crippen LogP contribution < -0.4 is 4.74 Å². The quantitative estimate of drug-likeness (QED) is 0.267. The van der Waals surface area contributed by atoms with E-state index in [4.69, 9.17) is 4.74 Å². The van der Waals surface area contributed by atoms with Crippen LogP contribution in [0.1, 0.15) is 80.9 Å². The van der Waals surface area contributed by atoms with E-state index in [2.05, 4.69) is 24.9 Å². The molecule has 1 amide bonds. The smallest absolute Gasteiger partial charge is 0.410 e. The van der Waals surface area contributed by atoms with E-state index < -0.39 is 35.7 Å². The molecule has 0 radical (unpaired) electrons. The van der Waals surface area contributed by atoms with E-state index in [0.717, 1.165) is 56.3 Å². The van der Waals surface area contributed by atoms with Crippen molar-refractivity contribution in [3.05, 3.63) is 28.8 Å². The van der Waals surface area contributed by atoms with Crippen molar-refractivity contribution >= 4 is 22.7 Å². The summed E-state index contributed by atoms with van der Waals surface area (Å²) in [5, 5.41) is 0. The summed E-state index contributed by atoms with van der Waals surface area (Å²) in [4.78, 5) is 30.1. The van der Waals surface area contributed by atoms with Crippen molar-refractivity contribution < 1.29 is 40.5 Å². The number of ether oxygens (including phenoxy) is 1. The van der Waals surface area contributed by atoms with Gasteiger partial charge in [-0.2, -0.15) is 22.0 Å². The van der Waals surface area contributed by atoms with Crippen LogP contribution in [0, 0.1) is 35.5 Å². The number of fused-ring (bicyclic) bond motifs is 5. The first kappa shape index (κ1) is 33.8. The Hall–Kier alpha value is -2.08. The zero-order valence-electron chi connectivity index (χ0n) is 26.9. The molecule has 1 spiro atoms. The van der Waals surface area contributed by atoms with Gasteiger partial charge in [-0.15, -0.1) is 0 Å². The van der Waals surface area contributed by atoms with Gasteiger partial charge in [-0.1, -0.05) is 13.0 Å². The fourth-order valence-corrected chi connectivity index (χ4v) is 10.8. The Morgan fingerprint density at radius 2 is 1.76 bits per heavy atom. The average molecular weight is 673 g/mol. The number of amides is 1. The molecule has 6 atom stereocenters. The minimum absolute atomic E-state index is 0.191. The second-order valence-corrected chi connectivity index (χ2v) is 16.9. The minimum atomic E-state index is -5.60. The van der Waals surface area contributed by atoms with E-state index in [-0.39, 0.29) is 52.1 Å². The Kier molecular flexibility index (Phi) is 8.90. The first-order valence-corrected chi connectivity index (χ1v) is 18.1. The molecule has 2 aliphatic heterocycles. The van der Waals surface area contributed by atoms with Crippen LogP contribution in [0.25, 0.3) is 0 Å². The molecule has 0 N–H and O–H groups in total. The van der Waals surface area contributed by atoms with Crippen LogP contribution >= 0.6 is 0 Å². The number of likely N-dealkylation sites (tertiary alicyclic amines) is 2. The summed E-state index contributed by atoms with van der Waals surface area (Å²) >= 11 is 0. The van der Waals surface area contributed by atoms with E-state index >= 15 is 0 Å². The topological polar surface area (TPSA) is 66.9 Å². The lowest BCUT2D eigenvalue weighted by molar-refractivity contribution is -0.284. The third-order valence-corrected chi connectivity index (χ3v) is 13.3. The molecule has 1 aromatic rings. The van der Waals surface area contributed by atoms with Gasteiger partial charge in [-0.3, -0.25) is 9.00 Å². The van der Waals surface area contributed by atoms with Gasteiger partial charge in [0.25, 0.3) is 0 Å². The number of Topliss-reactive ketones (excluding diaryl/α,β-unsaturated/α-hetero) is 1. The largest absolute Gasteiger partial charge is 0.453 e. The molecular formula is C34H45F5N2O4S. The Balaban J connectivity index is 1.13. The van der Waals surface area contributed by atoms with Crippen LogP contribution in [-0.4, -0.2) is 82.7 Å². The number of hydrogen-bond donors (Lipinski definition) is 0. The molecule has 0 aromatic heterocycles. The molecule has 256 valence electrons. The predicted molar refractivity (Wildman–Crippen MR) is 165 cm³/mol. The molecule has 3 aliphatic carbocycles. The summed E-state index contributed by atoms with van der Waals surface area (Å²) in [6.07, 6.45) is -2.59. The normalized spacial score (nSPS) is 31.0. The van der Waals surface area contributed by atoms with Crippen molar-refractivity contribution in [2.24, 2.45) is 28.6 Å². The Bertz CT molecular complexity index is 1390. The molecule has 1 unspecified atom stereocenters. The van der Waals surface area contributed by atoms with Crippen molar-refractivity contribution in [1.29, 1.82) is 0 Å². The Morgan fingerprint density at radius 3 is 2.43 bits per heavy atom. The zero-order valence-corrected chi connectivity index (χ0v) is 27.7. The second-order valence-electron chi connectivity index (χ2n) is 15.2. The third kappa shape index (κ3) is 6.14. The predicted octanol–water partition coefficient (Wildman–Crippen LogP) is 6.90. The van der Waals surface area contributed by atoms with Gasteiger partial charge >= 0.3 is 18.2 Å². The fourth-order valence-electron chi connectivity index (χ4n) is 9.64. The van der Waals surface area contributed by atoms with Gasteiger partial charge in [0.15, 0.2) is 0 Å². The van der Waals surface area contributed by atoms with Gasteiger partial charge in [-0.25, -0.2) is 4.79 Å². The summed E-state index contributed by atoms with van der Waals surface area (Å²) in [5.74, 6) is -2.88. The number of nitrogens with zero attached hydrogens (tertiary/aromatic N) is 2. The summed E-state index contributed by atoms with van der Waals surface area (Å²) in [6, 6.07) is 4.17. The highest BCUT2D eigenvalue weighted by atomic mass is 32.2. The van der Waals surface area contributed by atoms with Crippen LogP contribution in [0.2, 0.25) is 0 Å². The van der Waals surface area contributed by atoms with Crippen molar-refractivity contribution in [1.82, 2.24) is 9.80 Å². The number of carbonyl (C=O) groups excluding carboxylic acids is 2. The molecule has 2 heterocycles. The van der Waals surface area contributed by atoms with Crippen molar-refractivity contribution in [2.45, 2.75) is 89.7 Å². The first-order chi connectivity index (χ1) is 21.5. The molecule has 2 saturated carbocycles. The maximum Gasteiger partial charge on any atom is 0.453 e. The molecule has 6 nitrogen and oxygen atoms in total. The lowest BCUT2D eigenvalue weighted by Gasteiger charge is -2.58. The molecule has 5 aliphatic rings. The Labute approximate surface area is 270 Å². The monoisotopic (exact) mass is 672 g/mol. The fraction of sp³-hybridized carbons (Fsp3) is 0.765. The maximum absolute atomic E-state index is 13.3. The lowest BCUT2D eigenvalue weighted by Crippen LogP contribution is -2.72. The molecule has 1 aromatic carbocycles. The molecule has 4 fully saturated rings. The van der Waals surface area contributed by atoms with Crippen LogP contribution in [-0.2, 0) is 22.0 Å². The number of alkyl halides is 5. The number of benzene rings is 1. The molecule has 2 saturated heterocycles. The van der Waals surface area contributed by atoms with Crippen LogP contribution in [0.15, 0.2) is 12.1 Å². The molecule has 6 rings (SSSR count). The van der Waals surface area contributed by atoms with Crippen LogP contribution in [0.5, 0.6) is 5.75 Å². The van der Waals surface area contributed by atoms with E-state index in [1.54, 1.807) is 4.90 Å². The molecule has 12 heteroatoms. The highest BCUT2D eigenvalue weighted by molar-refractivity contribution is 7.84. The van der Waals surface area contributed by atoms with Crippen LogP contribution in [0.3, 0.4) is 0 Å². The third-order valence-electron chi connectivity index (χ3n) is 11.8. The summed E-state index contributed by atoms with van der Waals surface area (Å²) < 4.78 is 82.6. The second kappa shape index (κ2) is 12.1. The molecule has 0 bridgehead atoms. The SMILES string of the molecule is Cc1cc2c(cc1OC(=O)N1CC3(CN(C)C3)C1)C[C@@H](CCCS(=O)CCCC(F)(F)C(F)(F)F)[C@@H]1[C@@H]2CC[C@]2(C)C(=O)CC[C@@H]12. The van der Waals surface area contributed by atoms with Gasteiger partial charge < -0.3 is 14.5 Å². The van der Waals surface area contributed by atoms with E-state index in [9.17, 15) is 35.8 Å². The minimum Gasteiger partial charge on any atom is -0.410 e. The molecule has 46 heavy (non-hydrogen) atoms. The summed E-state index contributed by atoms with van der Waals surface area (Å²) in [5.41, 5.74) is 3.15.